The summed E-state index contributed by atoms with van der Waals surface area (Å²) in [5.41, 5.74) is 1.04. The number of aromatic nitrogens is 1. The number of Topliss-reactive ketones (excluding diaryl/α,β-unsaturated/α-hetero) is 1. The fraction of sp³-hybridized carbons (Fsp3) is 0.568. The number of hydrogen-bond donors (Lipinski definition) is 9. The monoisotopic (exact) mass is 970 g/mol. The molecule has 23 nitrogen and oxygen atoms in total. The van der Waals surface area contributed by atoms with Gasteiger partial charge >= 0.3 is 17.9 Å². The zero-order valence-corrected chi connectivity index (χ0v) is 39.0. The number of ether oxygens (including phenoxy) is 2. The van der Waals surface area contributed by atoms with Gasteiger partial charge in [0.1, 0.15) is 36.9 Å². The summed E-state index contributed by atoms with van der Waals surface area (Å²) in [5, 5.41) is 36.9. The molecule has 1 fully saturated rings. The number of carbonyl (C=O) groups is 11. The molecular formula is C44H58N8O15S. The first-order valence-corrected chi connectivity index (χ1v) is 23.2. The van der Waals surface area contributed by atoms with Gasteiger partial charge in [0.05, 0.1) is 36.7 Å². The van der Waals surface area contributed by atoms with Crippen molar-refractivity contribution in [3.8, 4) is 0 Å². The number of amides is 7. The number of rotatable bonds is 9. The average molecular weight is 971 g/mol. The predicted octanol–water partition coefficient (Wildman–Crippen LogP) is -1.81. The second-order valence-electron chi connectivity index (χ2n) is 17.2. The molecule has 0 spiro atoms. The van der Waals surface area contributed by atoms with Crippen LogP contribution < -0.4 is 31.9 Å². The van der Waals surface area contributed by atoms with E-state index in [9.17, 15) is 63.0 Å². The summed E-state index contributed by atoms with van der Waals surface area (Å²) >= 11 is 1.01. The Morgan fingerprint density at radius 2 is 1.51 bits per heavy atom. The van der Waals surface area contributed by atoms with Crippen molar-refractivity contribution in [2.45, 2.75) is 114 Å². The number of thioether (sulfide) groups is 1. The smallest absolute Gasteiger partial charge is 0.305 e. The quantitative estimate of drug-likeness (QED) is 0.125. The van der Waals surface area contributed by atoms with Crippen molar-refractivity contribution in [3.05, 3.63) is 29.8 Å². The topological polar surface area (TPSA) is 338 Å². The number of aromatic amines is 1. The highest BCUT2D eigenvalue weighted by Crippen LogP contribution is 2.34. The molecule has 24 heteroatoms. The molecule has 3 aliphatic rings. The zero-order chi connectivity index (χ0) is 50.0. The SMILES string of the molecule is CC[C@H](C)[C@@H]1NC(=O)CNC(=O)[C@H]2CC(=O)[C@H](C(C)C(COC(C)=O)OC(C)=O)NC(=O)[C@@H]3CC(O)CN3C(=O)C(CC(=O)O)NC(=O)C(CSc3[nH]c4ccccc4c3C2)NC(=O)CNC1=O. The van der Waals surface area contributed by atoms with E-state index in [4.69, 9.17) is 9.47 Å². The van der Waals surface area contributed by atoms with Gasteiger partial charge in [-0.05, 0) is 24.0 Å². The highest BCUT2D eigenvalue weighted by Gasteiger charge is 2.45. The standard InChI is InChI=1S/C44H58N8O15S/c1-6-20(2)37-42(64)46-15-34(57)47-30-19-68-43-27(26-9-7-8-10-28(26)49-43)11-24(39(61)45-16-35(58)50-37)12-32(56)38(21(3)33(67-23(5)54)18-66-22(4)53)51-41(63)31-13-25(55)17-52(31)44(65)29(14-36(59)60)48-40(30)62/h7-10,20-21,24-25,29-31,33,37-38,49,55H,6,11-19H2,1-5H3,(H,45,61)(H,46,64)(H,47,57)(H,48,62)(H,50,58)(H,51,63)(H,59,60)/t20-,21?,24+,25?,29?,30?,31-,33?,37-,38-/m0/s1. The number of hydrogen-bond acceptors (Lipinski definition) is 15. The van der Waals surface area contributed by atoms with Crippen molar-refractivity contribution in [2.24, 2.45) is 17.8 Å². The third-order valence-corrected chi connectivity index (χ3v) is 13.3. The number of fused-ring (bicyclic) bond motifs is 5. The molecule has 1 aromatic carbocycles. The Labute approximate surface area is 394 Å². The third-order valence-electron chi connectivity index (χ3n) is 12.1. The van der Waals surface area contributed by atoms with Crippen LogP contribution in [0.2, 0.25) is 0 Å². The zero-order valence-electron chi connectivity index (χ0n) is 38.2. The van der Waals surface area contributed by atoms with E-state index in [1.165, 1.54) is 6.92 Å². The number of nitrogens with zero attached hydrogens (tertiary/aromatic N) is 1. The van der Waals surface area contributed by atoms with E-state index in [1.807, 2.05) is 0 Å². The molecule has 7 amide bonds. The van der Waals surface area contributed by atoms with Crippen molar-refractivity contribution >= 4 is 87.7 Å². The minimum atomic E-state index is -1.87. The molecule has 9 N–H and O–H groups in total. The lowest BCUT2D eigenvalue weighted by Gasteiger charge is -2.33. The molecule has 5 unspecified atom stereocenters. The lowest BCUT2D eigenvalue weighted by atomic mass is 9.85. The Bertz CT molecular complexity index is 2310. The van der Waals surface area contributed by atoms with Crippen molar-refractivity contribution in [3.63, 3.8) is 0 Å². The molecule has 2 bridgehead atoms. The summed E-state index contributed by atoms with van der Waals surface area (Å²) in [4.78, 5) is 154. The number of H-pyrrole nitrogens is 1. The molecule has 3 aliphatic heterocycles. The Balaban J connectivity index is 1.72. The molecule has 68 heavy (non-hydrogen) atoms. The van der Waals surface area contributed by atoms with Gasteiger partial charge < -0.3 is 61.5 Å². The summed E-state index contributed by atoms with van der Waals surface area (Å²) in [6, 6.07) is -0.891. The summed E-state index contributed by atoms with van der Waals surface area (Å²) in [7, 11) is 0. The number of aliphatic hydroxyl groups is 1. The number of esters is 2. The van der Waals surface area contributed by atoms with Gasteiger partial charge in [-0.2, -0.15) is 0 Å². The Morgan fingerprint density at radius 3 is 2.18 bits per heavy atom. The maximum absolute atomic E-state index is 14.9. The van der Waals surface area contributed by atoms with Crippen LogP contribution in [-0.4, -0.2) is 160 Å². The largest absolute Gasteiger partial charge is 0.481 e. The number of carbonyl (C=O) groups excluding carboxylic acids is 10. The molecule has 1 saturated heterocycles. The number of aliphatic carboxylic acids is 1. The van der Waals surface area contributed by atoms with E-state index in [1.54, 1.807) is 38.1 Å². The van der Waals surface area contributed by atoms with Gasteiger partial charge in [-0.1, -0.05) is 45.4 Å². The molecular weight excluding hydrogens is 913 g/mol. The maximum atomic E-state index is 14.9. The van der Waals surface area contributed by atoms with Crippen LogP contribution in [0.3, 0.4) is 0 Å². The molecule has 0 saturated carbocycles. The van der Waals surface area contributed by atoms with Crippen LogP contribution in [0, 0.1) is 17.8 Å². The molecule has 4 heterocycles. The second-order valence-corrected chi connectivity index (χ2v) is 18.2. The van der Waals surface area contributed by atoms with E-state index in [-0.39, 0.29) is 12.2 Å². The first-order chi connectivity index (χ1) is 32.2. The van der Waals surface area contributed by atoms with E-state index >= 15 is 0 Å². The fourth-order valence-corrected chi connectivity index (χ4v) is 9.43. The fourth-order valence-electron chi connectivity index (χ4n) is 8.31. The van der Waals surface area contributed by atoms with Gasteiger partial charge in [-0.25, -0.2) is 0 Å². The van der Waals surface area contributed by atoms with Crippen LogP contribution in [0.5, 0.6) is 0 Å². The average Bonchev–Trinajstić information content (AvgIpc) is 3.85. The van der Waals surface area contributed by atoms with E-state index in [0.29, 0.717) is 27.9 Å². The summed E-state index contributed by atoms with van der Waals surface area (Å²) in [6.07, 6.45) is -4.58. The minimum Gasteiger partial charge on any atom is -0.481 e. The van der Waals surface area contributed by atoms with Gasteiger partial charge in [0.15, 0.2) is 5.78 Å². The predicted molar refractivity (Wildman–Crippen MR) is 239 cm³/mol. The van der Waals surface area contributed by atoms with Gasteiger partial charge in [-0.3, -0.25) is 52.7 Å². The molecule has 5 rings (SSSR count). The molecule has 370 valence electrons. The Kier molecular flexibility index (Phi) is 18.1. The van der Waals surface area contributed by atoms with Crippen molar-refractivity contribution in [1.29, 1.82) is 0 Å². The van der Waals surface area contributed by atoms with Gasteiger partial charge in [0, 0.05) is 61.7 Å². The molecule has 0 aliphatic carbocycles. The summed E-state index contributed by atoms with van der Waals surface area (Å²) in [5.74, 6) is -13.6. The van der Waals surface area contributed by atoms with Crippen molar-refractivity contribution in [1.82, 2.24) is 41.8 Å². The van der Waals surface area contributed by atoms with Crippen molar-refractivity contribution in [2.75, 3.05) is 32.0 Å². The second kappa shape index (κ2) is 23.4. The maximum Gasteiger partial charge on any atom is 0.305 e. The van der Waals surface area contributed by atoms with E-state index in [0.717, 1.165) is 30.5 Å². The highest BCUT2D eigenvalue weighted by molar-refractivity contribution is 7.99. The minimum absolute atomic E-state index is 0.208. The van der Waals surface area contributed by atoms with Crippen LogP contribution in [0.4, 0.5) is 0 Å². The molecule has 10 atom stereocenters. The molecule has 2 aromatic rings. The normalized spacial score (nSPS) is 26.3. The van der Waals surface area contributed by atoms with Gasteiger partial charge in [-0.15, -0.1) is 11.8 Å². The first kappa shape index (κ1) is 52.4. The lowest BCUT2D eigenvalue weighted by molar-refractivity contribution is -0.161. The number of benzene rings is 1. The highest BCUT2D eigenvalue weighted by atomic mass is 32.2. The summed E-state index contributed by atoms with van der Waals surface area (Å²) in [6.45, 7) is 4.62. The van der Waals surface area contributed by atoms with Crippen molar-refractivity contribution < 1.29 is 72.4 Å². The third kappa shape index (κ3) is 13.5. The molecule has 1 aromatic heterocycles. The number of para-hydroxylation sites is 1. The Hall–Kier alpha value is -6.56. The number of carboxylic acids is 1. The van der Waals surface area contributed by atoms with Gasteiger partial charge in [0.25, 0.3) is 0 Å². The number of carboxylic acid groups (broad SMARTS) is 1. The van der Waals surface area contributed by atoms with Crippen LogP contribution >= 0.6 is 11.8 Å². The van der Waals surface area contributed by atoms with Crippen LogP contribution in [-0.2, 0) is 68.6 Å². The van der Waals surface area contributed by atoms with E-state index in [2.05, 4.69) is 36.9 Å². The number of aliphatic hydroxyl groups excluding tert-OH is 1. The lowest BCUT2D eigenvalue weighted by Crippen LogP contribution is -2.60. The summed E-state index contributed by atoms with van der Waals surface area (Å²) < 4.78 is 10.6. The number of ketones is 1. The van der Waals surface area contributed by atoms with E-state index < -0.39 is 171 Å². The van der Waals surface area contributed by atoms with Crippen LogP contribution in [0.25, 0.3) is 10.9 Å². The van der Waals surface area contributed by atoms with Gasteiger partial charge in [0.2, 0.25) is 41.4 Å². The first-order valence-electron chi connectivity index (χ1n) is 22.2. The molecule has 0 radical (unpaired) electrons. The number of nitrogens with one attached hydrogen (secondary N) is 7. The Morgan fingerprint density at radius 1 is 0.838 bits per heavy atom. The van der Waals surface area contributed by atoms with Crippen LogP contribution in [0.1, 0.15) is 65.9 Å². The van der Waals surface area contributed by atoms with Crippen LogP contribution in [0.15, 0.2) is 29.3 Å².